The number of halogens is 6. The Morgan fingerprint density at radius 2 is 1.74 bits per heavy atom. The molecule has 5 aromatic rings. The van der Waals surface area contributed by atoms with Crippen molar-refractivity contribution in [2.75, 3.05) is 31.2 Å². The molecule has 1 aliphatic heterocycles. The van der Waals surface area contributed by atoms with Gasteiger partial charge in [-0.1, -0.05) is 25.1 Å². The van der Waals surface area contributed by atoms with E-state index in [1.54, 1.807) is 49.6 Å². The summed E-state index contributed by atoms with van der Waals surface area (Å²) in [6.45, 7) is 2.60. The van der Waals surface area contributed by atoms with Crippen LogP contribution in [-0.2, 0) is 49.7 Å². The second-order valence-corrected chi connectivity index (χ2v) is 16.6. The molecule has 61 heavy (non-hydrogen) atoms. The lowest BCUT2D eigenvalue weighted by molar-refractivity contribution is -0.122. The molecule has 320 valence electrons. The first-order chi connectivity index (χ1) is 29.1. The summed E-state index contributed by atoms with van der Waals surface area (Å²) >= 11 is 0. The van der Waals surface area contributed by atoms with Crippen LogP contribution < -0.4 is 10.2 Å². The lowest BCUT2D eigenvalue weighted by Gasteiger charge is -2.29. The number of carbonyl (C=O) groups excluding carboxylic acids is 2. The van der Waals surface area contributed by atoms with Gasteiger partial charge in [0.25, 0.3) is 12.3 Å². The standard InChI is InChI=1S/C42H39F6N7O5S/c1-25-5-6-28(29-4-3-11-49-22-29)20-35(25)51-41(54(24-56)32-7-9-33(10-8-32)61(58,59)53-12-14-60-15-13-53)36(19-27-17-30(43)21-31(44)18-27)50-37(57)23-55-39-34(38(52-55)40(45)46)16-26(2)42(39,47)48/h3-11,17-18,20-22,24,26,36,40H,12-16,19,23H2,1-2H3,(H,50,57)/b51-41-. The zero-order valence-corrected chi connectivity index (χ0v) is 33.6. The van der Waals surface area contributed by atoms with Crippen molar-refractivity contribution in [3.63, 3.8) is 0 Å². The molecule has 2 aromatic heterocycles. The third kappa shape index (κ3) is 9.08. The van der Waals surface area contributed by atoms with Gasteiger partial charge in [-0.05, 0) is 78.6 Å². The molecule has 1 N–H and O–H groups in total. The lowest BCUT2D eigenvalue weighted by Crippen LogP contribution is -2.50. The van der Waals surface area contributed by atoms with Gasteiger partial charge in [0.05, 0.1) is 29.8 Å². The first-order valence-corrected chi connectivity index (χ1v) is 20.5. The van der Waals surface area contributed by atoms with Crippen molar-refractivity contribution >= 4 is 39.6 Å². The molecule has 0 saturated carbocycles. The predicted octanol–water partition coefficient (Wildman–Crippen LogP) is 6.89. The summed E-state index contributed by atoms with van der Waals surface area (Å²) in [7, 11) is -3.97. The minimum atomic E-state index is -3.97. The number of nitrogens with one attached hydrogen (secondary N) is 1. The van der Waals surface area contributed by atoms with Gasteiger partial charge in [0.2, 0.25) is 22.3 Å². The number of sulfonamides is 1. The highest BCUT2D eigenvalue weighted by molar-refractivity contribution is 7.89. The normalized spacial score (nSPS) is 17.3. The number of aliphatic imine (C=N–C) groups is 1. The first-order valence-electron chi connectivity index (χ1n) is 19.1. The summed E-state index contributed by atoms with van der Waals surface area (Å²) < 4.78 is 122. The molecular formula is C42H39F6N7O5S. The molecule has 7 rings (SSSR count). The monoisotopic (exact) mass is 867 g/mol. The molecule has 0 radical (unpaired) electrons. The molecule has 0 spiro atoms. The van der Waals surface area contributed by atoms with E-state index in [0.29, 0.717) is 33.8 Å². The Bertz CT molecular complexity index is 2550. The number of pyridine rings is 1. The van der Waals surface area contributed by atoms with Crippen molar-refractivity contribution in [1.82, 2.24) is 24.4 Å². The van der Waals surface area contributed by atoms with E-state index in [2.05, 4.69) is 15.4 Å². The summed E-state index contributed by atoms with van der Waals surface area (Å²) in [6.07, 6.45) is -0.512. The number of alkyl halides is 4. The van der Waals surface area contributed by atoms with Crippen molar-refractivity contribution in [2.24, 2.45) is 10.9 Å². The third-order valence-corrected chi connectivity index (χ3v) is 12.5. The van der Waals surface area contributed by atoms with Gasteiger partial charge in [0.1, 0.15) is 35.4 Å². The van der Waals surface area contributed by atoms with Crippen LogP contribution in [0.1, 0.15) is 41.4 Å². The molecule has 1 saturated heterocycles. The zero-order valence-electron chi connectivity index (χ0n) is 32.7. The van der Waals surface area contributed by atoms with E-state index in [4.69, 9.17) is 9.73 Å². The van der Waals surface area contributed by atoms with E-state index in [9.17, 15) is 35.6 Å². The maximum atomic E-state index is 15.4. The fraction of sp³-hybridized carbons (Fsp3) is 0.310. The molecule has 2 amide bonds. The van der Waals surface area contributed by atoms with Crippen LogP contribution in [0.4, 0.5) is 37.7 Å². The van der Waals surface area contributed by atoms with Gasteiger partial charge >= 0.3 is 0 Å². The number of anilines is 1. The van der Waals surface area contributed by atoms with Crippen LogP contribution in [0.25, 0.3) is 11.1 Å². The molecule has 3 heterocycles. The number of hydrogen-bond acceptors (Lipinski definition) is 8. The fourth-order valence-electron chi connectivity index (χ4n) is 7.42. The Kier molecular flexibility index (Phi) is 12.4. The van der Waals surface area contributed by atoms with Crippen molar-refractivity contribution in [2.45, 2.75) is 56.5 Å². The van der Waals surface area contributed by atoms with Crippen molar-refractivity contribution in [3.8, 4) is 11.1 Å². The number of nitrogens with zero attached hydrogens (tertiary/aromatic N) is 6. The first kappa shape index (κ1) is 43.2. The van der Waals surface area contributed by atoms with Crippen molar-refractivity contribution in [3.05, 3.63) is 125 Å². The van der Waals surface area contributed by atoms with Crippen LogP contribution in [0.2, 0.25) is 0 Å². The average Bonchev–Trinajstić information content (AvgIpc) is 3.71. The minimum absolute atomic E-state index is 0.0190. The Morgan fingerprint density at radius 3 is 2.38 bits per heavy atom. The Balaban J connectivity index is 1.35. The molecule has 3 aromatic carbocycles. The van der Waals surface area contributed by atoms with Crippen LogP contribution in [0, 0.1) is 24.5 Å². The van der Waals surface area contributed by atoms with Gasteiger partial charge in [-0.3, -0.25) is 24.2 Å². The number of aromatic nitrogens is 3. The largest absolute Gasteiger partial charge is 0.379 e. The Labute approximate surface area is 346 Å². The predicted molar refractivity (Wildman–Crippen MR) is 212 cm³/mol. The van der Waals surface area contributed by atoms with Crippen LogP contribution in [0.15, 0.2) is 95.1 Å². The summed E-state index contributed by atoms with van der Waals surface area (Å²) in [5.74, 6) is -8.19. The zero-order chi connectivity index (χ0) is 43.6. The van der Waals surface area contributed by atoms with E-state index < -0.39 is 82.6 Å². The molecule has 2 atom stereocenters. The van der Waals surface area contributed by atoms with Gasteiger partial charge in [0, 0.05) is 60.7 Å². The molecule has 0 bridgehead atoms. The minimum Gasteiger partial charge on any atom is -0.379 e. The van der Waals surface area contributed by atoms with Crippen LogP contribution in [0.3, 0.4) is 0 Å². The van der Waals surface area contributed by atoms with Gasteiger partial charge in [-0.15, -0.1) is 0 Å². The molecule has 1 aliphatic carbocycles. The third-order valence-electron chi connectivity index (χ3n) is 10.5. The highest BCUT2D eigenvalue weighted by Gasteiger charge is 2.51. The van der Waals surface area contributed by atoms with Crippen LogP contribution in [0.5, 0.6) is 0 Å². The number of benzene rings is 3. The van der Waals surface area contributed by atoms with Gasteiger partial charge < -0.3 is 10.1 Å². The van der Waals surface area contributed by atoms with E-state index in [1.807, 2.05) is 0 Å². The quantitative estimate of drug-likeness (QED) is 0.0589. The summed E-state index contributed by atoms with van der Waals surface area (Å²) in [5.41, 5.74) is 0.166. The summed E-state index contributed by atoms with van der Waals surface area (Å²) in [5, 5.41) is 6.34. The smallest absolute Gasteiger partial charge is 0.292 e. The Morgan fingerprint density at radius 1 is 1.03 bits per heavy atom. The number of fused-ring (bicyclic) bond motifs is 1. The molecule has 2 unspecified atom stereocenters. The number of hydrogen-bond donors (Lipinski definition) is 1. The van der Waals surface area contributed by atoms with Gasteiger partial charge in [-0.2, -0.15) is 18.2 Å². The fourth-order valence-corrected chi connectivity index (χ4v) is 8.83. The second kappa shape index (κ2) is 17.6. The van der Waals surface area contributed by atoms with E-state index in [1.165, 1.54) is 35.5 Å². The maximum Gasteiger partial charge on any atom is 0.292 e. The number of aryl methyl sites for hydroxylation is 1. The highest BCUT2D eigenvalue weighted by atomic mass is 32.2. The average molecular weight is 868 g/mol. The molecule has 1 fully saturated rings. The number of carbonyl (C=O) groups is 2. The van der Waals surface area contributed by atoms with E-state index in [0.717, 1.165) is 17.0 Å². The highest BCUT2D eigenvalue weighted by Crippen LogP contribution is 2.48. The number of amidine groups is 1. The number of ether oxygens (including phenoxy) is 1. The van der Waals surface area contributed by atoms with Gasteiger partial charge in [-0.25, -0.2) is 31.0 Å². The topological polar surface area (TPSA) is 139 Å². The van der Waals surface area contributed by atoms with Crippen LogP contribution >= 0.6 is 0 Å². The summed E-state index contributed by atoms with van der Waals surface area (Å²) in [4.78, 5) is 37.2. The van der Waals surface area contributed by atoms with E-state index in [-0.39, 0.29) is 59.5 Å². The van der Waals surface area contributed by atoms with Crippen LogP contribution in [-0.4, -0.2) is 78.0 Å². The van der Waals surface area contributed by atoms with Crippen molar-refractivity contribution in [1.29, 1.82) is 0 Å². The molecule has 12 nitrogen and oxygen atoms in total. The maximum absolute atomic E-state index is 15.4. The number of rotatable bonds is 13. The molecule has 2 aliphatic rings. The summed E-state index contributed by atoms with van der Waals surface area (Å²) in [6, 6.07) is 15.1. The van der Waals surface area contributed by atoms with Gasteiger partial charge in [0.15, 0.2) is 0 Å². The number of morpholine rings is 1. The number of amides is 2. The molecular weight excluding hydrogens is 829 g/mol. The second-order valence-electron chi connectivity index (χ2n) is 14.7. The molecule has 19 heteroatoms. The Hall–Kier alpha value is -5.92. The van der Waals surface area contributed by atoms with Crippen molar-refractivity contribution < 1.29 is 49.1 Å². The van der Waals surface area contributed by atoms with E-state index >= 15 is 8.78 Å². The SMILES string of the molecule is Cc1ccc(-c2cccnc2)cc1/N=C(/C(Cc1cc(F)cc(F)c1)NC(=O)Cn1nc(C(F)F)c2c1C(F)(F)C(C)C2)N(C=O)c1ccc(S(=O)(=O)N2CCOCC2)cc1. The lowest BCUT2D eigenvalue weighted by atomic mass is 10.0.